The van der Waals surface area contributed by atoms with Gasteiger partial charge in [0, 0.05) is 6.42 Å². The fourth-order valence-electron chi connectivity index (χ4n) is 1.23. The third-order valence-electron chi connectivity index (χ3n) is 2.06. The average molecular weight is 172 g/mol. The normalized spacial score (nSPS) is 23.8. The van der Waals surface area contributed by atoms with Crippen LogP contribution in [0.25, 0.3) is 0 Å². The van der Waals surface area contributed by atoms with Crippen LogP contribution in [0.5, 0.6) is 0 Å². The highest BCUT2D eigenvalue weighted by Gasteiger charge is 2.30. The topological polar surface area (TPSA) is 38.7 Å². The first-order valence-electron chi connectivity index (χ1n) is 4.25. The van der Waals surface area contributed by atoms with Gasteiger partial charge in [0.15, 0.2) is 5.79 Å². The molecule has 0 saturated carbocycles. The van der Waals surface area contributed by atoms with Crippen molar-refractivity contribution in [2.45, 2.75) is 31.7 Å². The fourth-order valence-corrected chi connectivity index (χ4v) is 1.23. The molecule has 1 atom stereocenters. The molecule has 0 amide bonds. The number of hydrogen-bond acceptors (Lipinski definition) is 3. The fraction of sp³-hybridized carbons (Fsp3) is 0.778. The lowest BCUT2D eigenvalue weighted by molar-refractivity contribution is -0.150. The molecule has 12 heavy (non-hydrogen) atoms. The molecule has 0 aromatic carbocycles. The molecular weight excluding hydrogens is 156 g/mol. The van der Waals surface area contributed by atoms with Gasteiger partial charge < -0.3 is 14.6 Å². The van der Waals surface area contributed by atoms with E-state index in [4.69, 9.17) is 9.47 Å². The van der Waals surface area contributed by atoms with Crippen LogP contribution in [-0.4, -0.2) is 30.2 Å². The Morgan fingerprint density at radius 3 is 2.67 bits per heavy atom. The molecule has 0 radical (unpaired) electrons. The summed E-state index contributed by atoms with van der Waals surface area (Å²) in [6.45, 7) is 6.70. The monoisotopic (exact) mass is 172 g/mol. The van der Waals surface area contributed by atoms with Gasteiger partial charge in [0.05, 0.1) is 19.3 Å². The van der Waals surface area contributed by atoms with Crippen LogP contribution in [0.3, 0.4) is 0 Å². The molecule has 1 aliphatic rings. The highest BCUT2D eigenvalue weighted by Crippen LogP contribution is 2.24. The average Bonchev–Trinajstić information content (AvgIpc) is 2.49. The maximum atomic E-state index is 9.20. The molecule has 1 heterocycles. The SMILES string of the molecule is C=CC(O)CCC1(C)OCCO1. The van der Waals surface area contributed by atoms with Gasteiger partial charge in [0.25, 0.3) is 0 Å². The van der Waals surface area contributed by atoms with Crippen LogP contribution in [0.2, 0.25) is 0 Å². The molecule has 0 aliphatic carbocycles. The minimum absolute atomic E-state index is 0.449. The van der Waals surface area contributed by atoms with Gasteiger partial charge in [0.2, 0.25) is 0 Å². The molecule has 0 bridgehead atoms. The molecule has 0 aromatic rings. The van der Waals surface area contributed by atoms with Crippen molar-refractivity contribution in [1.29, 1.82) is 0 Å². The van der Waals surface area contributed by atoms with E-state index in [-0.39, 0.29) is 0 Å². The first-order chi connectivity index (χ1) is 5.66. The van der Waals surface area contributed by atoms with Crippen LogP contribution in [0.4, 0.5) is 0 Å². The van der Waals surface area contributed by atoms with Gasteiger partial charge in [-0.2, -0.15) is 0 Å². The van der Waals surface area contributed by atoms with Crippen LogP contribution in [0.1, 0.15) is 19.8 Å². The van der Waals surface area contributed by atoms with Gasteiger partial charge in [-0.05, 0) is 13.3 Å². The van der Waals surface area contributed by atoms with E-state index in [1.54, 1.807) is 0 Å². The standard InChI is InChI=1S/C9H16O3/c1-3-8(10)4-5-9(2)11-6-7-12-9/h3,8,10H,1,4-7H2,2H3. The van der Waals surface area contributed by atoms with Crippen molar-refractivity contribution in [3.05, 3.63) is 12.7 Å². The smallest absolute Gasteiger partial charge is 0.165 e. The Morgan fingerprint density at radius 1 is 1.58 bits per heavy atom. The molecule has 1 N–H and O–H groups in total. The molecule has 0 aromatic heterocycles. The first-order valence-corrected chi connectivity index (χ1v) is 4.25. The van der Waals surface area contributed by atoms with E-state index in [1.807, 2.05) is 6.92 Å². The summed E-state index contributed by atoms with van der Waals surface area (Å²) in [4.78, 5) is 0. The van der Waals surface area contributed by atoms with Crippen LogP contribution in [-0.2, 0) is 9.47 Å². The summed E-state index contributed by atoms with van der Waals surface area (Å²) in [6, 6.07) is 0. The summed E-state index contributed by atoms with van der Waals surface area (Å²) in [5, 5.41) is 9.20. The minimum Gasteiger partial charge on any atom is -0.389 e. The van der Waals surface area contributed by atoms with Crippen molar-refractivity contribution in [2.24, 2.45) is 0 Å². The predicted molar refractivity (Wildman–Crippen MR) is 45.7 cm³/mol. The quantitative estimate of drug-likeness (QED) is 0.645. The lowest BCUT2D eigenvalue weighted by Gasteiger charge is -2.22. The van der Waals surface area contributed by atoms with Crippen LogP contribution >= 0.6 is 0 Å². The molecular formula is C9H16O3. The summed E-state index contributed by atoms with van der Waals surface area (Å²) in [5.41, 5.74) is 0. The molecule has 1 rings (SSSR count). The Kier molecular flexibility index (Phi) is 3.26. The molecule has 1 fully saturated rings. The van der Waals surface area contributed by atoms with Gasteiger partial charge in [-0.1, -0.05) is 6.08 Å². The zero-order chi connectivity index (χ0) is 9.03. The van der Waals surface area contributed by atoms with Gasteiger partial charge in [-0.25, -0.2) is 0 Å². The zero-order valence-electron chi connectivity index (χ0n) is 7.45. The third-order valence-corrected chi connectivity index (χ3v) is 2.06. The van der Waals surface area contributed by atoms with Crippen molar-refractivity contribution in [3.8, 4) is 0 Å². The Morgan fingerprint density at radius 2 is 2.17 bits per heavy atom. The molecule has 0 spiro atoms. The third kappa shape index (κ3) is 2.59. The molecule has 3 nitrogen and oxygen atoms in total. The Bertz CT molecular complexity index is 150. The second-order valence-corrected chi connectivity index (χ2v) is 3.17. The highest BCUT2D eigenvalue weighted by atomic mass is 16.7. The maximum absolute atomic E-state index is 9.20. The summed E-state index contributed by atoms with van der Waals surface area (Å²) >= 11 is 0. The van der Waals surface area contributed by atoms with Crippen molar-refractivity contribution < 1.29 is 14.6 Å². The van der Waals surface area contributed by atoms with E-state index in [9.17, 15) is 5.11 Å². The van der Waals surface area contributed by atoms with E-state index in [2.05, 4.69) is 6.58 Å². The number of ether oxygens (including phenoxy) is 2. The summed E-state index contributed by atoms with van der Waals surface area (Å²) < 4.78 is 10.7. The summed E-state index contributed by atoms with van der Waals surface area (Å²) in [7, 11) is 0. The largest absolute Gasteiger partial charge is 0.389 e. The van der Waals surface area contributed by atoms with E-state index in [1.165, 1.54) is 6.08 Å². The Labute approximate surface area is 73.0 Å². The molecule has 1 unspecified atom stereocenters. The molecule has 3 heteroatoms. The molecule has 70 valence electrons. The van der Waals surface area contributed by atoms with E-state index in [0.717, 1.165) is 0 Å². The minimum atomic E-state index is -0.482. The number of aliphatic hydroxyl groups excluding tert-OH is 1. The number of hydrogen-bond donors (Lipinski definition) is 1. The van der Waals surface area contributed by atoms with Gasteiger partial charge in [-0.15, -0.1) is 6.58 Å². The van der Waals surface area contributed by atoms with Crippen LogP contribution in [0, 0.1) is 0 Å². The van der Waals surface area contributed by atoms with E-state index in [0.29, 0.717) is 26.1 Å². The van der Waals surface area contributed by atoms with E-state index >= 15 is 0 Å². The van der Waals surface area contributed by atoms with E-state index < -0.39 is 11.9 Å². The van der Waals surface area contributed by atoms with Gasteiger partial charge >= 0.3 is 0 Å². The van der Waals surface area contributed by atoms with Crippen molar-refractivity contribution in [1.82, 2.24) is 0 Å². The van der Waals surface area contributed by atoms with Crippen molar-refractivity contribution in [3.63, 3.8) is 0 Å². The van der Waals surface area contributed by atoms with Crippen LogP contribution in [0.15, 0.2) is 12.7 Å². The summed E-state index contributed by atoms with van der Waals surface area (Å²) in [6.07, 6.45) is 2.42. The van der Waals surface area contributed by atoms with Crippen LogP contribution < -0.4 is 0 Å². The van der Waals surface area contributed by atoms with Gasteiger partial charge in [0.1, 0.15) is 0 Å². The maximum Gasteiger partial charge on any atom is 0.165 e. The van der Waals surface area contributed by atoms with Gasteiger partial charge in [-0.3, -0.25) is 0 Å². The zero-order valence-corrected chi connectivity index (χ0v) is 7.45. The molecule has 1 aliphatic heterocycles. The Balaban J connectivity index is 2.25. The second kappa shape index (κ2) is 4.03. The number of rotatable bonds is 4. The van der Waals surface area contributed by atoms with Crippen molar-refractivity contribution in [2.75, 3.05) is 13.2 Å². The second-order valence-electron chi connectivity index (χ2n) is 3.17. The van der Waals surface area contributed by atoms with Crippen molar-refractivity contribution >= 4 is 0 Å². The Hall–Kier alpha value is -0.380. The summed E-state index contributed by atoms with van der Waals surface area (Å²) in [5.74, 6) is -0.482. The lowest BCUT2D eigenvalue weighted by Crippen LogP contribution is -2.26. The lowest BCUT2D eigenvalue weighted by atomic mass is 10.1. The predicted octanol–water partition coefficient (Wildman–Crippen LogP) is 1.08. The first kappa shape index (κ1) is 9.71. The molecule has 1 saturated heterocycles. The number of aliphatic hydroxyl groups is 1. The highest BCUT2D eigenvalue weighted by molar-refractivity contribution is 4.80.